The first-order valence-corrected chi connectivity index (χ1v) is 10.6. The van der Waals surface area contributed by atoms with E-state index in [-0.39, 0.29) is 5.92 Å². The lowest BCUT2D eigenvalue weighted by Crippen LogP contribution is -2.23. The minimum Gasteiger partial charge on any atom is -0.494 e. The molecule has 0 aromatic heterocycles. The molecular formula is C25H32O2. The Morgan fingerprint density at radius 1 is 0.889 bits per heavy atom. The van der Waals surface area contributed by atoms with E-state index in [1.54, 1.807) is 0 Å². The molecule has 1 aliphatic rings. The van der Waals surface area contributed by atoms with E-state index in [0.717, 1.165) is 31.6 Å². The van der Waals surface area contributed by atoms with Crippen molar-refractivity contribution in [2.45, 2.75) is 64.7 Å². The van der Waals surface area contributed by atoms with Gasteiger partial charge < -0.3 is 4.74 Å². The van der Waals surface area contributed by atoms with E-state index in [0.29, 0.717) is 11.7 Å². The summed E-state index contributed by atoms with van der Waals surface area (Å²) in [4.78, 5) is 12.6. The third-order valence-corrected chi connectivity index (χ3v) is 5.68. The van der Waals surface area contributed by atoms with Crippen molar-refractivity contribution >= 4 is 5.78 Å². The molecule has 3 rings (SSSR count). The normalized spacial score (nSPS) is 19.9. The molecule has 1 saturated carbocycles. The predicted molar refractivity (Wildman–Crippen MR) is 112 cm³/mol. The van der Waals surface area contributed by atoms with Crippen molar-refractivity contribution in [3.05, 3.63) is 54.1 Å². The van der Waals surface area contributed by atoms with Crippen molar-refractivity contribution in [2.24, 2.45) is 5.92 Å². The maximum Gasteiger partial charge on any atom is 0.140 e. The third kappa shape index (κ3) is 5.22. The standard InChI is InChI=1S/C25H32O2/c1-3-5-6-19-7-16-24(25(26)18-19)22-10-8-20(9-11-22)21-12-14-23(15-13-21)27-17-4-2/h8-15,19,24H,3-7,16-18H2,1-2H3. The van der Waals surface area contributed by atoms with Gasteiger partial charge in [-0.1, -0.05) is 69.5 Å². The Bertz CT molecular complexity index is 715. The van der Waals surface area contributed by atoms with E-state index in [1.165, 1.54) is 42.4 Å². The van der Waals surface area contributed by atoms with Gasteiger partial charge in [0, 0.05) is 12.3 Å². The van der Waals surface area contributed by atoms with Gasteiger partial charge in [-0.25, -0.2) is 0 Å². The van der Waals surface area contributed by atoms with Gasteiger partial charge in [0.15, 0.2) is 0 Å². The zero-order valence-corrected chi connectivity index (χ0v) is 16.7. The second kappa shape index (κ2) is 9.73. The maximum absolute atomic E-state index is 12.6. The van der Waals surface area contributed by atoms with Gasteiger partial charge in [-0.05, 0) is 54.0 Å². The molecule has 0 aliphatic heterocycles. The van der Waals surface area contributed by atoms with Crippen LogP contribution in [0.3, 0.4) is 0 Å². The Kier molecular flexibility index (Phi) is 7.09. The monoisotopic (exact) mass is 364 g/mol. The van der Waals surface area contributed by atoms with Crippen molar-refractivity contribution in [3.8, 4) is 16.9 Å². The Labute approximate surface area is 164 Å². The zero-order chi connectivity index (χ0) is 19.1. The molecule has 0 radical (unpaired) electrons. The molecule has 27 heavy (non-hydrogen) atoms. The van der Waals surface area contributed by atoms with E-state index < -0.39 is 0 Å². The first-order valence-electron chi connectivity index (χ1n) is 10.6. The highest BCUT2D eigenvalue weighted by Gasteiger charge is 2.29. The Morgan fingerprint density at radius 2 is 1.56 bits per heavy atom. The SMILES string of the molecule is CCCCC1CCC(c2ccc(-c3ccc(OCCC)cc3)cc2)C(=O)C1. The average molecular weight is 365 g/mol. The molecule has 2 aromatic rings. The number of hydrogen-bond donors (Lipinski definition) is 0. The smallest absolute Gasteiger partial charge is 0.140 e. The molecular weight excluding hydrogens is 332 g/mol. The quantitative estimate of drug-likeness (QED) is 0.516. The highest BCUT2D eigenvalue weighted by atomic mass is 16.5. The van der Waals surface area contributed by atoms with Gasteiger partial charge >= 0.3 is 0 Å². The van der Waals surface area contributed by atoms with Gasteiger partial charge in [0.2, 0.25) is 0 Å². The molecule has 0 N–H and O–H groups in total. The third-order valence-electron chi connectivity index (χ3n) is 5.68. The maximum atomic E-state index is 12.6. The summed E-state index contributed by atoms with van der Waals surface area (Å²) in [5.74, 6) is 2.07. The second-order valence-corrected chi connectivity index (χ2v) is 7.80. The van der Waals surface area contributed by atoms with Crippen molar-refractivity contribution < 1.29 is 9.53 Å². The number of rotatable bonds is 8. The van der Waals surface area contributed by atoms with Crippen LogP contribution in [0.1, 0.15) is 70.3 Å². The number of ether oxygens (including phenoxy) is 1. The zero-order valence-electron chi connectivity index (χ0n) is 16.7. The number of hydrogen-bond acceptors (Lipinski definition) is 2. The number of unbranched alkanes of at least 4 members (excludes halogenated alkanes) is 1. The molecule has 0 heterocycles. The minimum absolute atomic E-state index is 0.0988. The molecule has 0 spiro atoms. The van der Waals surface area contributed by atoms with Crippen LogP contribution in [0.2, 0.25) is 0 Å². The van der Waals surface area contributed by atoms with Crippen LogP contribution < -0.4 is 4.74 Å². The highest BCUT2D eigenvalue weighted by Crippen LogP contribution is 2.36. The molecule has 2 atom stereocenters. The molecule has 2 unspecified atom stereocenters. The number of carbonyl (C=O) groups excluding carboxylic acids is 1. The lowest BCUT2D eigenvalue weighted by Gasteiger charge is -2.27. The summed E-state index contributed by atoms with van der Waals surface area (Å²) in [5.41, 5.74) is 3.55. The summed E-state index contributed by atoms with van der Waals surface area (Å²) >= 11 is 0. The number of Topliss-reactive ketones (excluding diaryl/α,β-unsaturated/α-hetero) is 1. The first-order chi connectivity index (χ1) is 13.2. The number of ketones is 1. The highest BCUT2D eigenvalue weighted by molar-refractivity contribution is 5.86. The number of benzene rings is 2. The van der Waals surface area contributed by atoms with Gasteiger partial charge in [-0.15, -0.1) is 0 Å². The van der Waals surface area contributed by atoms with Gasteiger partial charge in [0.05, 0.1) is 6.61 Å². The van der Waals surface area contributed by atoms with Crippen LogP contribution >= 0.6 is 0 Å². The summed E-state index contributed by atoms with van der Waals surface area (Å²) in [6.07, 6.45) is 7.67. The van der Waals surface area contributed by atoms with Crippen LogP contribution in [-0.4, -0.2) is 12.4 Å². The summed E-state index contributed by atoms with van der Waals surface area (Å²) in [6.45, 7) is 5.09. The molecule has 0 saturated heterocycles. The van der Waals surface area contributed by atoms with E-state index in [9.17, 15) is 4.79 Å². The summed E-state index contributed by atoms with van der Waals surface area (Å²) in [6, 6.07) is 16.8. The van der Waals surface area contributed by atoms with Crippen LogP contribution in [0.15, 0.2) is 48.5 Å². The Hall–Kier alpha value is -2.09. The minimum atomic E-state index is 0.0988. The first kappa shape index (κ1) is 19.7. The summed E-state index contributed by atoms with van der Waals surface area (Å²) < 4.78 is 5.65. The summed E-state index contributed by atoms with van der Waals surface area (Å²) in [7, 11) is 0. The number of carbonyl (C=O) groups is 1. The van der Waals surface area contributed by atoms with Crippen LogP contribution in [0.4, 0.5) is 0 Å². The lowest BCUT2D eigenvalue weighted by molar-refractivity contribution is -0.123. The Balaban J connectivity index is 1.62. The van der Waals surface area contributed by atoms with E-state index in [2.05, 4.69) is 50.2 Å². The van der Waals surface area contributed by atoms with E-state index in [1.807, 2.05) is 12.1 Å². The molecule has 1 aliphatic carbocycles. The summed E-state index contributed by atoms with van der Waals surface area (Å²) in [5, 5.41) is 0. The van der Waals surface area contributed by atoms with Crippen LogP contribution in [-0.2, 0) is 4.79 Å². The molecule has 0 amide bonds. The largest absolute Gasteiger partial charge is 0.494 e. The van der Waals surface area contributed by atoms with E-state index in [4.69, 9.17) is 4.74 Å². The fourth-order valence-corrected chi connectivity index (χ4v) is 4.06. The van der Waals surface area contributed by atoms with Gasteiger partial charge in [0.25, 0.3) is 0 Å². The fraction of sp³-hybridized carbons (Fsp3) is 0.480. The second-order valence-electron chi connectivity index (χ2n) is 7.80. The molecule has 2 aromatic carbocycles. The average Bonchev–Trinajstić information content (AvgIpc) is 2.71. The topological polar surface area (TPSA) is 26.3 Å². The van der Waals surface area contributed by atoms with Crippen molar-refractivity contribution in [1.82, 2.24) is 0 Å². The molecule has 2 heteroatoms. The van der Waals surface area contributed by atoms with Crippen molar-refractivity contribution in [2.75, 3.05) is 6.61 Å². The van der Waals surface area contributed by atoms with Crippen LogP contribution in [0, 0.1) is 5.92 Å². The fourth-order valence-electron chi connectivity index (χ4n) is 4.06. The molecule has 144 valence electrons. The molecule has 2 nitrogen and oxygen atoms in total. The van der Waals surface area contributed by atoms with Gasteiger partial charge in [-0.2, -0.15) is 0 Å². The van der Waals surface area contributed by atoms with Gasteiger partial charge in [-0.3, -0.25) is 4.79 Å². The van der Waals surface area contributed by atoms with Crippen LogP contribution in [0.25, 0.3) is 11.1 Å². The predicted octanol–water partition coefficient (Wildman–Crippen LogP) is 6.79. The van der Waals surface area contributed by atoms with Gasteiger partial charge in [0.1, 0.15) is 11.5 Å². The van der Waals surface area contributed by atoms with Crippen LogP contribution in [0.5, 0.6) is 5.75 Å². The molecule has 1 fully saturated rings. The molecule has 0 bridgehead atoms. The Morgan fingerprint density at radius 3 is 2.15 bits per heavy atom. The van der Waals surface area contributed by atoms with Crippen molar-refractivity contribution in [3.63, 3.8) is 0 Å². The van der Waals surface area contributed by atoms with Crippen molar-refractivity contribution in [1.29, 1.82) is 0 Å². The van der Waals surface area contributed by atoms with E-state index >= 15 is 0 Å². The lowest BCUT2D eigenvalue weighted by atomic mass is 9.76.